The molecule has 2 aliphatic rings. The first-order valence-corrected chi connectivity index (χ1v) is 8.03. The topological polar surface area (TPSA) is 25.4 Å². The molecular formula is C17H26N2O. The van der Waals surface area contributed by atoms with Gasteiger partial charge in [0.2, 0.25) is 0 Å². The Morgan fingerprint density at radius 3 is 2.65 bits per heavy atom. The second kappa shape index (κ2) is 6.68. The van der Waals surface area contributed by atoms with Gasteiger partial charge in [-0.2, -0.15) is 0 Å². The first kappa shape index (κ1) is 14.0. The van der Waals surface area contributed by atoms with Crippen LogP contribution in [0.2, 0.25) is 0 Å². The van der Waals surface area contributed by atoms with E-state index < -0.39 is 0 Å². The number of ether oxygens (including phenoxy) is 1. The molecule has 2 fully saturated rings. The SMILES string of the molecule is CC1CCC(C2CCOCC2)N(Cc2ccncc2)C1. The normalized spacial score (nSPS) is 29.4. The molecule has 3 nitrogen and oxygen atoms in total. The Kier molecular flexibility index (Phi) is 4.69. The summed E-state index contributed by atoms with van der Waals surface area (Å²) in [6, 6.07) is 5.06. The fourth-order valence-corrected chi connectivity index (χ4v) is 3.80. The van der Waals surface area contributed by atoms with Gasteiger partial charge in [-0.3, -0.25) is 9.88 Å². The van der Waals surface area contributed by atoms with E-state index in [9.17, 15) is 0 Å². The number of piperidine rings is 1. The summed E-state index contributed by atoms with van der Waals surface area (Å²) in [5.41, 5.74) is 1.39. The maximum absolute atomic E-state index is 5.54. The summed E-state index contributed by atoms with van der Waals surface area (Å²) < 4.78 is 5.54. The fourth-order valence-electron chi connectivity index (χ4n) is 3.80. The molecule has 0 spiro atoms. The lowest BCUT2D eigenvalue weighted by molar-refractivity contribution is 0.000621. The van der Waals surface area contributed by atoms with Crippen LogP contribution in [0.4, 0.5) is 0 Å². The Morgan fingerprint density at radius 1 is 1.15 bits per heavy atom. The van der Waals surface area contributed by atoms with Crippen molar-refractivity contribution in [2.75, 3.05) is 19.8 Å². The number of nitrogens with zero attached hydrogens (tertiary/aromatic N) is 2. The van der Waals surface area contributed by atoms with Gasteiger partial charge in [-0.05, 0) is 55.2 Å². The third kappa shape index (κ3) is 3.39. The van der Waals surface area contributed by atoms with Crippen LogP contribution < -0.4 is 0 Å². The molecule has 2 unspecified atom stereocenters. The molecule has 3 heteroatoms. The van der Waals surface area contributed by atoms with Gasteiger partial charge in [0.05, 0.1) is 0 Å². The fraction of sp³-hybridized carbons (Fsp3) is 0.706. The van der Waals surface area contributed by atoms with Crippen molar-refractivity contribution in [3.8, 4) is 0 Å². The Morgan fingerprint density at radius 2 is 1.90 bits per heavy atom. The highest BCUT2D eigenvalue weighted by molar-refractivity contribution is 5.10. The van der Waals surface area contributed by atoms with E-state index in [0.717, 1.165) is 37.6 Å². The quantitative estimate of drug-likeness (QED) is 0.847. The zero-order chi connectivity index (χ0) is 13.8. The van der Waals surface area contributed by atoms with Gasteiger partial charge in [0.15, 0.2) is 0 Å². The minimum atomic E-state index is 0.753. The number of pyridine rings is 1. The molecule has 0 aromatic carbocycles. The van der Waals surface area contributed by atoms with Crippen LogP contribution in [-0.4, -0.2) is 35.7 Å². The molecule has 0 amide bonds. The molecule has 0 radical (unpaired) electrons. The summed E-state index contributed by atoms with van der Waals surface area (Å²) in [6.45, 7) is 6.62. The average molecular weight is 274 g/mol. The summed E-state index contributed by atoms with van der Waals surface area (Å²) in [5.74, 6) is 1.66. The van der Waals surface area contributed by atoms with Gasteiger partial charge in [-0.25, -0.2) is 0 Å². The van der Waals surface area contributed by atoms with Crippen LogP contribution >= 0.6 is 0 Å². The van der Waals surface area contributed by atoms with Crippen molar-refractivity contribution in [1.82, 2.24) is 9.88 Å². The van der Waals surface area contributed by atoms with Crippen LogP contribution in [0.3, 0.4) is 0 Å². The van der Waals surface area contributed by atoms with E-state index >= 15 is 0 Å². The van der Waals surface area contributed by atoms with Crippen LogP contribution in [0.1, 0.15) is 38.2 Å². The molecule has 1 aromatic rings. The van der Waals surface area contributed by atoms with Crippen LogP contribution in [0.5, 0.6) is 0 Å². The van der Waals surface area contributed by atoms with Gasteiger partial charge < -0.3 is 4.74 Å². The molecule has 2 saturated heterocycles. The maximum Gasteiger partial charge on any atom is 0.0469 e. The van der Waals surface area contributed by atoms with Crippen molar-refractivity contribution in [2.45, 2.75) is 45.2 Å². The summed E-state index contributed by atoms with van der Waals surface area (Å²) in [7, 11) is 0. The zero-order valence-corrected chi connectivity index (χ0v) is 12.5. The molecule has 3 heterocycles. The Balaban J connectivity index is 1.69. The van der Waals surface area contributed by atoms with Gasteiger partial charge in [0, 0.05) is 44.7 Å². The molecule has 1 aromatic heterocycles. The van der Waals surface area contributed by atoms with Crippen LogP contribution in [0, 0.1) is 11.8 Å². The first-order valence-electron chi connectivity index (χ1n) is 8.03. The van der Waals surface area contributed by atoms with Crippen LogP contribution in [-0.2, 0) is 11.3 Å². The van der Waals surface area contributed by atoms with E-state index in [1.165, 1.54) is 37.8 Å². The molecule has 20 heavy (non-hydrogen) atoms. The van der Waals surface area contributed by atoms with Crippen LogP contribution in [0.25, 0.3) is 0 Å². The van der Waals surface area contributed by atoms with Crippen LogP contribution in [0.15, 0.2) is 24.5 Å². The third-order valence-electron chi connectivity index (χ3n) is 4.92. The van der Waals surface area contributed by atoms with Crippen molar-refractivity contribution in [1.29, 1.82) is 0 Å². The molecule has 0 aliphatic carbocycles. The van der Waals surface area contributed by atoms with E-state index in [1.807, 2.05) is 12.4 Å². The monoisotopic (exact) mass is 274 g/mol. The second-order valence-electron chi connectivity index (χ2n) is 6.48. The van der Waals surface area contributed by atoms with Crippen molar-refractivity contribution in [3.05, 3.63) is 30.1 Å². The molecule has 2 atom stereocenters. The molecule has 3 rings (SSSR count). The summed E-state index contributed by atoms with van der Waals surface area (Å²) in [4.78, 5) is 6.85. The zero-order valence-electron chi connectivity index (χ0n) is 12.5. The highest BCUT2D eigenvalue weighted by Crippen LogP contribution is 2.32. The number of likely N-dealkylation sites (tertiary alicyclic amines) is 1. The average Bonchev–Trinajstić information content (AvgIpc) is 2.49. The lowest BCUT2D eigenvalue weighted by Gasteiger charge is -2.44. The maximum atomic E-state index is 5.54. The third-order valence-corrected chi connectivity index (χ3v) is 4.92. The van der Waals surface area contributed by atoms with Crippen molar-refractivity contribution >= 4 is 0 Å². The standard InChI is InChI=1S/C17H26N2O/c1-14-2-3-17(16-6-10-20-11-7-16)19(12-14)13-15-4-8-18-9-5-15/h4-5,8-9,14,16-17H,2-3,6-7,10-13H2,1H3. The summed E-state index contributed by atoms with van der Waals surface area (Å²) >= 11 is 0. The first-order chi connectivity index (χ1) is 9.83. The van der Waals surface area contributed by atoms with Gasteiger partial charge >= 0.3 is 0 Å². The summed E-state index contributed by atoms with van der Waals surface area (Å²) in [6.07, 6.45) is 9.04. The Labute approximate surface area is 122 Å². The molecular weight excluding hydrogens is 248 g/mol. The second-order valence-corrected chi connectivity index (χ2v) is 6.48. The van der Waals surface area contributed by atoms with Gasteiger partial charge in [-0.1, -0.05) is 6.92 Å². The Hall–Kier alpha value is -0.930. The highest BCUT2D eigenvalue weighted by Gasteiger charge is 2.33. The highest BCUT2D eigenvalue weighted by atomic mass is 16.5. The van der Waals surface area contributed by atoms with Crippen molar-refractivity contribution < 1.29 is 4.74 Å². The van der Waals surface area contributed by atoms with E-state index in [4.69, 9.17) is 4.74 Å². The predicted octanol–water partition coefficient (Wildman–Crippen LogP) is 3.11. The van der Waals surface area contributed by atoms with Crippen molar-refractivity contribution in [3.63, 3.8) is 0 Å². The lowest BCUT2D eigenvalue weighted by atomic mass is 9.82. The summed E-state index contributed by atoms with van der Waals surface area (Å²) in [5, 5.41) is 0. The molecule has 0 bridgehead atoms. The van der Waals surface area contributed by atoms with Gasteiger partial charge in [0.1, 0.15) is 0 Å². The smallest absolute Gasteiger partial charge is 0.0469 e. The van der Waals surface area contributed by atoms with Crippen molar-refractivity contribution in [2.24, 2.45) is 11.8 Å². The molecule has 0 N–H and O–H groups in total. The number of hydrogen-bond donors (Lipinski definition) is 0. The van der Waals surface area contributed by atoms with Gasteiger partial charge in [0.25, 0.3) is 0 Å². The van der Waals surface area contributed by atoms with Gasteiger partial charge in [-0.15, -0.1) is 0 Å². The lowest BCUT2D eigenvalue weighted by Crippen LogP contribution is -2.47. The number of aromatic nitrogens is 1. The van der Waals surface area contributed by atoms with E-state index in [0.29, 0.717) is 0 Å². The largest absolute Gasteiger partial charge is 0.381 e. The molecule has 0 saturated carbocycles. The number of hydrogen-bond acceptors (Lipinski definition) is 3. The molecule has 110 valence electrons. The van der Waals surface area contributed by atoms with E-state index in [2.05, 4.69) is 28.9 Å². The van der Waals surface area contributed by atoms with E-state index in [1.54, 1.807) is 0 Å². The van der Waals surface area contributed by atoms with E-state index in [-0.39, 0.29) is 0 Å². The minimum Gasteiger partial charge on any atom is -0.381 e. The minimum absolute atomic E-state index is 0.753. The number of rotatable bonds is 3. The molecule has 2 aliphatic heterocycles. The predicted molar refractivity (Wildman–Crippen MR) is 80.4 cm³/mol. The Bertz CT molecular complexity index is 403.